The Bertz CT molecular complexity index is 872. The molecule has 0 unspecified atom stereocenters. The fraction of sp³-hybridized carbons (Fsp3) is 0.0667. The molecule has 106 valence electrons. The Morgan fingerprint density at radius 3 is 2.76 bits per heavy atom. The SMILES string of the molecule is O=c1c2ccc(F)cc2ncn1Cc1c(F)cccc1Cl. The molecule has 0 aliphatic heterocycles. The summed E-state index contributed by atoms with van der Waals surface area (Å²) in [5, 5.41) is 0.507. The molecule has 0 radical (unpaired) electrons. The second-order valence-corrected chi connectivity index (χ2v) is 4.95. The van der Waals surface area contributed by atoms with Gasteiger partial charge in [0.2, 0.25) is 0 Å². The molecule has 0 fully saturated rings. The standard InChI is InChI=1S/C15H9ClF2N2O/c16-12-2-1-3-13(18)11(12)7-20-8-19-14-6-9(17)4-5-10(14)15(20)21/h1-6,8H,7H2. The van der Waals surface area contributed by atoms with Crippen molar-refractivity contribution >= 4 is 22.5 Å². The van der Waals surface area contributed by atoms with Crippen LogP contribution >= 0.6 is 11.6 Å². The van der Waals surface area contributed by atoms with E-state index in [0.29, 0.717) is 0 Å². The van der Waals surface area contributed by atoms with E-state index in [9.17, 15) is 13.6 Å². The molecule has 0 aliphatic carbocycles. The van der Waals surface area contributed by atoms with Gasteiger partial charge >= 0.3 is 0 Å². The molecule has 6 heteroatoms. The fourth-order valence-electron chi connectivity index (χ4n) is 2.10. The minimum Gasteiger partial charge on any atom is -0.294 e. The molecule has 3 nitrogen and oxygen atoms in total. The summed E-state index contributed by atoms with van der Waals surface area (Å²) in [5.74, 6) is -0.960. The molecule has 0 saturated carbocycles. The van der Waals surface area contributed by atoms with E-state index in [4.69, 9.17) is 11.6 Å². The summed E-state index contributed by atoms with van der Waals surface area (Å²) in [7, 11) is 0. The fourth-order valence-corrected chi connectivity index (χ4v) is 2.32. The van der Waals surface area contributed by atoms with Crippen LogP contribution < -0.4 is 5.56 Å². The molecule has 0 N–H and O–H groups in total. The minimum absolute atomic E-state index is 0.0370. The minimum atomic E-state index is -0.492. The second kappa shape index (κ2) is 5.26. The van der Waals surface area contributed by atoms with Gasteiger partial charge in [-0.15, -0.1) is 0 Å². The van der Waals surface area contributed by atoms with Gasteiger partial charge in [0.15, 0.2) is 0 Å². The molecule has 0 saturated heterocycles. The van der Waals surface area contributed by atoms with Crippen LogP contribution in [-0.2, 0) is 6.54 Å². The Labute approximate surface area is 123 Å². The Kier molecular flexibility index (Phi) is 3.43. The molecule has 0 atom stereocenters. The van der Waals surface area contributed by atoms with Crippen molar-refractivity contribution < 1.29 is 8.78 Å². The number of fused-ring (bicyclic) bond motifs is 1. The van der Waals surface area contributed by atoms with Crippen molar-refractivity contribution in [2.45, 2.75) is 6.54 Å². The maximum absolute atomic E-state index is 13.8. The summed E-state index contributed by atoms with van der Waals surface area (Å²) < 4.78 is 28.1. The third-order valence-electron chi connectivity index (χ3n) is 3.18. The summed E-state index contributed by atoms with van der Waals surface area (Å²) in [4.78, 5) is 16.3. The van der Waals surface area contributed by atoms with Gasteiger partial charge in [-0.3, -0.25) is 9.36 Å². The first-order valence-electron chi connectivity index (χ1n) is 6.14. The van der Waals surface area contributed by atoms with Gasteiger partial charge in [0.1, 0.15) is 11.6 Å². The Morgan fingerprint density at radius 1 is 1.19 bits per heavy atom. The van der Waals surface area contributed by atoms with Crippen LogP contribution in [0.5, 0.6) is 0 Å². The van der Waals surface area contributed by atoms with Crippen molar-refractivity contribution in [1.82, 2.24) is 9.55 Å². The average Bonchev–Trinajstić information content (AvgIpc) is 2.45. The predicted molar refractivity (Wildman–Crippen MR) is 76.5 cm³/mol. The zero-order chi connectivity index (χ0) is 15.0. The third kappa shape index (κ3) is 2.52. The van der Waals surface area contributed by atoms with Gasteiger partial charge in [-0.2, -0.15) is 0 Å². The number of benzene rings is 2. The Balaban J connectivity index is 2.12. The molecule has 0 spiro atoms. The van der Waals surface area contributed by atoms with Crippen LogP contribution in [0.1, 0.15) is 5.56 Å². The summed E-state index contributed by atoms with van der Waals surface area (Å²) in [6.07, 6.45) is 1.26. The number of hydrogen-bond acceptors (Lipinski definition) is 2. The van der Waals surface area contributed by atoms with Crippen molar-refractivity contribution in [3.05, 3.63) is 75.3 Å². The molecule has 2 aromatic carbocycles. The summed E-state index contributed by atoms with van der Waals surface area (Å²) in [6.45, 7) is -0.0370. The van der Waals surface area contributed by atoms with E-state index in [1.54, 1.807) is 6.07 Å². The summed E-state index contributed by atoms with van der Waals surface area (Å²) >= 11 is 5.95. The molecule has 0 aliphatic rings. The van der Waals surface area contributed by atoms with E-state index in [1.807, 2.05) is 0 Å². The maximum atomic E-state index is 13.8. The van der Waals surface area contributed by atoms with Gasteiger partial charge in [-0.05, 0) is 24.3 Å². The third-order valence-corrected chi connectivity index (χ3v) is 3.53. The highest BCUT2D eigenvalue weighted by molar-refractivity contribution is 6.31. The topological polar surface area (TPSA) is 34.9 Å². The number of hydrogen-bond donors (Lipinski definition) is 0. The lowest BCUT2D eigenvalue weighted by Crippen LogP contribution is -2.21. The molecule has 3 aromatic rings. The van der Waals surface area contributed by atoms with Crippen molar-refractivity contribution in [2.75, 3.05) is 0 Å². The van der Waals surface area contributed by atoms with E-state index >= 15 is 0 Å². The number of halogens is 3. The lowest BCUT2D eigenvalue weighted by molar-refractivity contribution is 0.595. The highest BCUT2D eigenvalue weighted by Gasteiger charge is 2.10. The van der Waals surface area contributed by atoms with E-state index in [-0.39, 0.29) is 33.6 Å². The average molecular weight is 307 g/mol. The molecular weight excluding hydrogens is 298 g/mol. The van der Waals surface area contributed by atoms with Gasteiger partial charge in [0.05, 0.1) is 23.8 Å². The highest BCUT2D eigenvalue weighted by atomic mass is 35.5. The van der Waals surface area contributed by atoms with E-state index in [1.165, 1.54) is 41.2 Å². The monoisotopic (exact) mass is 306 g/mol. The molecule has 1 aromatic heterocycles. The van der Waals surface area contributed by atoms with Crippen LogP contribution in [0.4, 0.5) is 8.78 Å². The first-order valence-corrected chi connectivity index (χ1v) is 6.51. The second-order valence-electron chi connectivity index (χ2n) is 4.54. The summed E-state index contributed by atoms with van der Waals surface area (Å²) in [6, 6.07) is 8.04. The van der Waals surface area contributed by atoms with E-state index < -0.39 is 11.6 Å². The molecule has 0 amide bonds. The lowest BCUT2D eigenvalue weighted by atomic mass is 10.2. The first kappa shape index (κ1) is 13.7. The van der Waals surface area contributed by atoms with E-state index in [0.717, 1.165) is 0 Å². The van der Waals surface area contributed by atoms with Gasteiger partial charge < -0.3 is 0 Å². The van der Waals surface area contributed by atoms with Crippen LogP contribution in [0.2, 0.25) is 5.02 Å². The van der Waals surface area contributed by atoms with Crippen molar-refractivity contribution in [1.29, 1.82) is 0 Å². The Morgan fingerprint density at radius 2 is 2.00 bits per heavy atom. The normalized spacial score (nSPS) is 11.0. The zero-order valence-corrected chi connectivity index (χ0v) is 11.4. The molecule has 21 heavy (non-hydrogen) atoms. The zero-order valence-electron chi connectivity index (χ0n) is 10.7. The number of aromatic nitrogens is 2. The Hall–Kier alpha value is -2.27. The first-order chi connectivity index (χ1) is 10.1. The van der Waals surface area contributed by atoms with Gasteiger partial charge in [-0.1, -0.05) is 17.7 Å². The predicted octanol–water partition coefficient (Wildman–Crippen LogP) is 3.38. The smallest absolute Gasteiger partial charge is 0.261 e. The molecule has 3 rings (SSSR count). The lowest BCUT2D eigenvalue weighted by Gasteiger charge is -2.09. The number of rotatable bonds is 2. The van der Waals surface area contributed by atoms with Crippen LogP contribution in [0, 0.1) is 11.6 Å². The van der Waals surface area contributed by atoms with Crippen LogP contribution in [0.3, 0.4) is 0 Å². The van der Waals surface area contributed by atoms with Gasteiger partial charge in [-0.25, -0.2) is 13.8 Å². The van der Waals surface area contributed by atoms with Crippen molar-refractivity contribution in [2.24, 2.45) is 0 Å². The van der Waals surface area contributed by atoms with Crippen molar-refractivity contribution in [3.63, 3.8) is 0 Å². The quantitative estimate of drug-likeness (QED) is 0.727. The number of nitrogens with zero attached hydrogens (tertiary/aromatic N) is 2. The van der Waals surface area contributed by atoms with Crippen molar-refractivity contribution in [3.8, 4) is 0 Å². The van der Waals surface area contributed by atoms with Crippen LogP contribution in [-0.4, -0.2) is 9.55 Å². The summed E-state index contributed by atoms with van der Waals surface area (Å²) in [5.41, 5.74) is 0.0970. The maximum Gasteiger partial charge on any atom is 0.261 e. The molecule has 0 bridgehead atoms. The van der Waals surface area contributed by atoms with Gasteiger partial charge in [0, 0.05) is 16.7 Å². The highest BCUT2D eigenvalue weighted by Crippen LogP contribution is 2.19. The van der Waals surface area contributed by atoms with Crippen LogP contribution in [0.25, 0.3) is 10.9 Å². The molecular formula is C15H9ClF2N2O. The molecule has 1 heterocycles. The van der Waals surface area contributed by atoms with Crippen LogP contribution in [0.15, 0.2) is 47.5 Å². The van der Waals surface area contributed by atoms with E-state index in [2.05, 4.69) is 4.98 Å². The largest absolute Gasteiger partial charge is 0.294 e. The van der Waals surface area contributed by atoms with Gasteiger partial charge in [0.25, 0.3) is 5.56 Å².